The van der Waals surface area contributed by atoms with Gasteiger partial charge in [-0.2, -0.15) is 0 Å². The number of thiophene rings is 1. The summed E-state index contributed by atoms with van der Waals surface area (Å²) in [7, 11) is 1.91. The molecular formula is C10H8Br2N2OS2. The highest BCUT2D eigenvalue weighted by Gasteiger charge is 2.14. The molecule has 0 aromatic carbocycles. The van der Waals surface area contributed by atoms with Gasteiger partial charge in [-0.3, -0.25) is 4.79 Å². The Labute approximate surface area is 124 Å². The lowest BCUT2D eigenvalue weighted by Crippen LogP contribution is -2.02. The Balaban J connectivity index is 2.03. The van der Waals surface area contributed by atoms with Crippen LogP contribution < -0.4 is 0 Å². The number of hydrogen-bond acceptors (Lipinski definition) is 4. The molecule has 0 unspecified atom stereocenters. The minimum atomic E-state index is 0.104. The zero-order chi connectivity index (χ0) is 12.4. The SMILES string of the molecule is Cn1ccnc1SCC(=O)c1cc(Br)sc1Br. The first kappa shape index (κ1) is 13.3. The summed E-state index contributed by atoms with van der Waals surface area (Å²) in [6.07, 6.45) is 3.59. The number of hydrogen-bond donors (Lipinski definition) is 0. The van der Waals surface area contributed by atoms with Crippen LogP contribution in [-0.4, -0.2) is 21.1 Å². The average Bonchev–Trinajstić information content (AvgIpc) is 2.81. The van der Waals surface area contributed by atoms with Crippen LogP contribution in [0.4, 0.5) is 0 Å². The molecule has 90 valence electrons. The minimum Gasteiger partial charge on any atom is -0.329 e. The maximum atomic E-state index is 12.0. The van der Waals surface area contributed by atoms with Gasteiger partial charge < -0.3 is 4.57 Å². The quantitative estimate of drug-likeness (QED) is 0.580. The molecule has 0 saturated carbocycles. The van der Waals surface area contributed by atoms with Gasteiger partial charge in [0, 0.05) is 25.0 Å². The summed E-state index contributed by atoms with van der Waals surface area (Å²) in [5.41, 5.74) is 0.726. The average molecular weight is 396 g/mol. The third-order valence-electron chi connectivity index (χ3n) is 2.07. The van der Waals surface area contributed by atoms with Crippen LogP contribution >= 0.6 is 55.0 Å². The van der Waals surface area contributed by atoms with E-state index in [-0.39, 0.29) is 5.78 Å². The number of rotatable bonds is 4. The Bertz CT molecular complexity index is 550. The lowest BCUT2D eigenvalue weighted by atomic mass is 10.2. The first-order valence-corrected chi connectivity index (χ1v) is 8.05. The van der Waals surface area contributed by atoms with Crippen LogP contribution in [-0.2, 0) is 7.05 Å². The van der Waals surface area contributed by atoms with E-state index in [0.29, 0.717) is 5.75 Å². The zero-order valence-electron chi connectivity index (χ0n) is 8.81. The summed E-state index contributed by atoms with van der Waals surface area (Å²) in [5.74, 6) is 0.499. The molecule has 2 aromatic rings. The molecule has 0 aliphatic heterocycles. The number of ketones is 1. The second-order valence-electron chi connectivity index (χ2n) is 3.27. The molecule has 0 N–H and O–H groups in total. The number of carbonyl (C=O) groups is 1. The highest BCUT2D eigenvalue weighted by Crippen LogP contribution is 2.32. The van der Waals surface area contributed by atoms with Gasteiger partial charge in [0.2, 0.25) is 0 Å². The molecule has 2 rings (SSSR count). The van der Waals surface area contributed by atoms with Gasteiger partial charge in [-0.05, 0) is 37.9 Å². The molecule has 0 amide bonds. The molecule has 3 nitrogen and oxygen atoms in total. The van der Waals surface area contributed by atoms with Crippen molar-refractivity contribution in [1.29, 1.82) is 0 Å². The lowest BCUT2D eigenvalue weighted by Gasteiger charge is -2.00. The van der Waals surface area contributed by atoms with E-state index >= 15 is 0 Å². The Morgan fingerprint density at radius 1 is 1.59 bits per heavy atom. The van der Waals surface area contributed by atoms with Crippen molar-refractivity contribution in [2.45, 2.75) is 5.16 Å². The van der Waals surface area contributed by atoms with Crippen molar-refractivity contribution in [3.05, 3.63) is 31.6 Å². The first-order valence-electron chi connectivity index (χ1n) is 4.66. The molecular weight excluding hydrogens is 388 g/mol. The normalized spacial score (nSPS) is 10.8. The maximum absolute atomic E-state index is 12.0. The largest absolute Gasteiger partial charge is 0.329 e. The van der Waals surface area contributed by atoms with E-state index in [9.17, 15) is 4.79 Å². The van der Waals surface area contributed by atoms with Crippen LogP contribution in [0, 0.1) is 0 Å². The zero-order valence-corrected chi connectivity index (χ0v) is 13.6. The van der Waals surface area contributed by atoms with Gasteiger partial charge in [0.05, 0.1) is 13.3 Å². The van der Waals surface area contributed by atoms with Crippen molar-refractivity contribution in [3.63, 3.8) is 0 Å². The van der Waals surface area contributed by atoms with E-state index in [4.69, 9.17) is 0 Å². The monoisotopic (exact) mass is 394 g/mol. The molecule has 0 radical (unpaired) electrons. The highest BCUT2D eigenvalue weighted by molar-refractivity contribution is 9.12. The molecule has 7 heteroatoms. The fraction of sp³-hybridized carbons (Fsp3) is 0.200. The van der Waals surface area contributed by atoms with Crippen molar-refractivity contribution in [1.82, 2.24) is 9.55 Å². The molecule has 0 bridgehead atoms. The predicted molar refractivity (Wildman–Crippen MR) is 78.0 cm³/mol. The number of imidazole rings is 1. The molecule has 2 aromatic heterocycles. The summed E-state index contributed by atoms with van der Waals surface area (Å²) in [4.78, 5) is 16.1. The molecule has 0 aliphatic rings. The highest BCUT2D eigenvalue weighted by atomic mass is 79.9. The topological polar surface area (TPSA) is 34.9 Å². The second-order valence-corrected chi connectivity index (χ2v) is 7.96. The summed E-state index contributed by atoms with van der Waals surface area (Å²) < 4.78 is 3.72. The molecule has 0 aliphatic carbocycles. The maximum Gasteiger partial charge on any atom is 0.175 e. The number of Topliss-reactive ketones (excluding diaryl/α,β-unsaturated/α-hetero) is 1. The van der Waals surface area contributed by atoms with Crippen LogP contribution in [0.1, 0.15) is 10.4 Å². The van der Waals surface area contributed by atoms with E-state index in [2.05, 4.69) is 36.8 Å². The number of halogens is 2. The number of thioether (sulfide) groups is 1. The van der Waals surface area contributed by atoms with E-state index < -0.39 is 0 Å². The fourth-order valence-electron chi connectivity index (χ4n) is 1.23. The Kier molecular flexibility index (Phi) is 4.46. The van der Waals surface area contributed by atoms with E-state index in [1.165, 1.54) is 23.1 Å². The Hall–Kier alpha value is -0.110. The van der Waals surface area contributed by atoms with Gasteiger partial charge in [0.15, 0.2) is 10.9 Å². The van der Waals surface area contributed by atoms with Crippen LogP contribution in [0.25, 0.3) is 0 Å². The second kappa shape index (κ2) is 5.69. The van der Waals surface area contributed by atoms with Crippen LogP contribution in [0.3, 0.4) is 0 Å². The van der Waals surface area contributed by atoms with Crippen LogP contribution in [0.2, 0.25) is 0 Å². The van der Waals surface area contributed by atoms with Crippen LogP contribution in [0.5, 0.6) is 0 Å². The molecule has 0 fully saturated rings. The molecule has 0 atom stereocenters. The molecule has 17 heavy (non-hydrogen) atoms. The van der Waals surface area contributed by atoms with Gasteiger partial charge in [-0.15, -0.1) is 11.3 Å². The Morgan fingerprint density at radius 2 is 2.35 bits per heavy atom. The standard InChI is InChI=1S/C10H8Br2N2OS2/c1-14-3-2-13-10(14)16-5-7(15)6-4-8(11)17-9(6)12/h2-4H,5H2,1H3. The fourth-order valence-corrected chi connectivity index (χ4v) is 4.90. The minimum absolute atomic E-state index is 0.104. The van der Waals surface area contributed by atoms with Gasteiger partial charge in [0.1, 0.15) is 0 Å². The van der Waals surface area contributed by atoms with Crippen molar-refractivity contribution in [3.8, 4) is 0 Å². The third-order valence-corrected chi connectivity index (χ3v) is 5.46. The summed E-state index contributed by atoms with van der Waals surface area (Å²) >= 11 is 9.71. The molecule has 0 saturated heterocycles. The number of carbonyl (C=O) groups excluding carboxylic acids is 1. The summed E-state index contributed by atoms with van der Waals surface area (Å²) in [6.45, 7) is 0. The number of nitrogens with zero attached hydrogens (tertiary/aromatic N) is 2. The van der Waals surface area contributed by atoms with Crippen molar-refractivity contribution in [2.24, 2.45) is 7.05 Å². The summed E-state index contributed by atoms with van der Waals surface area (Å²) in [6, 6.07) is 1.84. The smallest absolute Gasteiger partial charge is 0.175 e. The van der Waals surface area contributed by atoms with Gasteiger partial charge in [-0.1, -0.05) is 11.8 Å². The van der Waals surface area contributed by atoms with E-state index in [1.807, 2.05) is 23.9 Å². The summed E-state index contributed by atoms with van der Waals surface area (Å²) in [5, 5.41) is 0.851. The molecule has 0 spiro atoms. The van der Waals surface area contributed by atoms with Gasteiger partial charge in [0.25, 0.3) is 0 Å². The van der Waals surface area contributed by atoms with Crippen molar-refractivity contribution < 1.29 is 4.79 Å². The predicted octanol–water partition coefficient (Wildman–Crippen LogP) is 3.98. The third kappa shape index (κ3) is 3.21. The van der Waals surface area contributed by atoms with E-state index in [1.54, 1.807) is 6.20 Å². The van der Waals surface area contributed by atoms with Gasteiger partial charge >= 0.3 is 0 Å². The van der Waals surface area contributed by atoms with Gasteiger partial charge in [-0.25, -0.2) is 4.98 Å². The first-order chi connectivity index (χ1) is 8.08. The number of aromatic nitrogens is 2. The molecule has 2 heterocycles. The number of aryl methyl sites for hydroxylation is 1. The Morgan fingerprint density at radius 3 is 2.88 bits per heavy atom. The van der Waals surface area contributed by atoms with Crippen molar-refractivity contribution >= 4 is 60.7 Å². The van der Waals surface area contributed by atoms with Crippen molar-refractivity contribution in [2.75, 3.05) is 5.75 Å². The lowest BCUT2D eigenvalue weighted by molar-refractivity contribution is 0.102. The van der Waals surface area contributed by atoms with E-state index in [0.717, 1.165) is 18.3 Å². The van der Waals surface area contributed by atoms with Crippen LogP contribution in [0.15, 0.2) is 31.2 Å².